The second-order valence-electron chi connectivity index (χ2n) is 3.91. The van der Waals surface area contributed by atoms with Crippen LogP contribution in [0.2, 0.25) is 0 Å². The zero-order chi connectivity index (χ0) is 11.5. The van der Waals surface area contributed by atoms with E-state index in [2.05, 4.69) is 0 Å². The molecular weight excluding hydrogens is 206 g/mol. The monoisotopic (exact) mass is 219 g/mol. The number of aliphatic carboxylic acids is 1. The number of carboxylic acids is 1. The van der Waals surface area contributed by atoms with Crippen LogP contribution < -0.4 is 4.90 Å². The van der Waals surface area contributed by atoms with Crippen LogP contribution in [-0.2, 0) is 9.59 Å². The first-order valence-electron chi connectivity index (χ1n) is 5.26. The fourth-order valence-corrected chi connectivity index (χ4v) is 1.91. The molecule has 0 radical (unpaired) electrons. The number of para-hydroxylation sites is 1. The van der Waals surface area contributed by atoms with Gasteiger partial charge in [-0.1, -0.05) is 18.2 Å². The van der Waals surface area contributed by atoms with E-state index in [-0.39, 0.29) is 12.5 Å². The summed E-state index contributed by atoms with van der Waals surface area (Å²) in [6.45, 7) is 0.276. The molecule has 0 saturated carbocycles. The molecule has 1 aliphatic rings. The molecule has 1 saturated heterocycles. The number of rotatable bonds is 2. The number of carboxylic acid groups (broad SMARTS) is 1. The Labute approximate surface area is 93.5 Å². The Morgan fingerprint density at radius 3 is 2.62 bits per heavy atom. The van der Waals surface area contributed by atoms with Crippen LogP contribution in [0.25, 0.3) is 0 Å². The van der Waals surface area contributed by atoms with Crippen LogP contribution in [0.15, 0.2) is 30.3 Å². The molecule has 0 spiro atoms. The third kappa shape index (κ3) is 2.05. The summed E-state index contributed by atoms with van der Waals surface area (Å²) in [5, 5.41) is 8.95. The molecule has 1 N–H and O–H groups in total. The lowest BCUT2D eigenvalue weighted by Gasteiger charge is -2.30. The summed E-state index contributed by atoms with van der Waals surface area (Å²) in [6, 6.07) is 9.19. The van der Waals surface area contributed by atoms with Crippen LogP contribution in [0.5, 0.6) is 0 Å². The lowest BCUT2D eigenvalue weighted by molar-refractivity contribution is -0.142. The number of carbonyl (C=O) groups is 2. The van der Waals surface area contributed by atoms with Crippen LogP contribution in [0.4, 0.5) is 5.69 Å². The molecule has 0 bridgehead atoms. The van der Waals surface area contributed by atoms with E-state index in [9.17, 15) is 9.59 Å². The number of hydrogen-bond donors (Lipinski definition) is 1. The van der Waals surface area contributed by atoms with E-state index in [0.29, 0.717) is 12.8 Å². The topological polar surface area (TPSA) is 57.6 Å². The number of amides is 1. The van der Waals surface area contributed by atoms with Crippen LogP contribution in [0.1, 0.15) is 12.8 Å². The van der Waals surface area contributed by atoms with Gasteiger partial charge in [-0.05, 0) is 18.6 Å². The van der Waals surface area contributed by atoms with E-state index in [1.807, 2.05) is 30.3 Å². The normalized spacial score (nSPS) is 20.9. The highest BCUT2D eigenvalue weighted by Crippen LogP contribution is 2.23. The van der Waals surface area contributed by atoms with Crippen molar-refractivity contribution in [1.82, 2.24) is 0 Å². The van der Waals surface area contributed by atoms with E-state index in [4.69, 9.17) is 5.11 Å². The van der Waals surface area contributed by atoms with Gasteiger partial charge in [-0.2, -0.15) is 0 Å². The third-order valence-electron chi connectivity index (χ3n) is 2.83. The fraction of sp³-hybridized carbons (Fsp3) is 0.333. The van der Waals surface area contributed by atoms with Crippen molar-refractivity contribution in [2.45, 2.75) is 12.8 Å². The molecule has 1 amide bonds. The fourth-order valence-electron chi connectivity index (χ4n) is 1.91. The van der Waals surface area contributed by atoms with Gasteiger partial charge in [0.25, 0.3) is 0 Å². The van der Waals surface area contributed by atoms with E-state index < -0.39 is 11.9 Å². The van der Waals surface area contributed by atoms with Gasteiger partial charge in [-0.3, -0.25) is 9.59 Å². The number of benzene rings is 1. The summed E-state index contributed by atoms with van der Waals surface area (Å²) in [5.41, 5.74) is 0.776. The van der Waals surface area contributed by atoms with Gasteiger partial charge in [0.15, 0.2) is 0 Å². The van der Waals surface area contributed by atoms with Gasteiger partial charge in [0.2, 0.25) is 5.91 Å². The zero-order valence-electron chi connectivity index (χ0n) is 8.80. The number of nitrogens with zero attached hydrogens (tertiary/aromatic N) is 1. The Morgan fingerprint density at radius 1 is 1.31 bits per heavy atom. The number of hydrogen-bond acceptors (Lipinski definition) is 2. The molecule has 1 heterocycles. The maximum atomic E-state index is 11.7. The van der Waals surface area contributed by atoms with Gasteiger partial charge in [0, 0.05) is 18.7 Å². The average molecular weight is 219 g/mol. The highest BCUT2D eigenvalue weighted by molar-refractivity contribution is 5.95. The number of piperidine rings is 1. The quantitative estimate of drug-likeness (QED) is 0.820. The van der Waals surface area contributed by atoms with Crippen LogP contribution in [-0.4, -0.2) is 23.5 Å². The largest absolute Gasteiger partial charge is 0.481 e. The van der Waals surface area contributed by atoms with E-state index in [0.717, 1.165) is 5.69 Å². The molecule has 84 valence electrons. The molecule has 1 aliphatic heterocycles. The van der Waals surface area contributed by atoms with Crippen molar-refractivity contribution >= 4 is 17.6 Å². The first-order chi connectivity index (χ1) is 7.68. The molecule has 1 atom stereocenters. The predicted octanol–water partition coefficient (Wildman–Crippen LogP) is 1.51. The summed E-state index contributed by atoms with van der Waals surface area (Å²) >= 11 is 0. The molecule has 0 aromatic heterocycles. The standard InChI is InChI=1S/C12H13NO3/c14-11-7-6-9(12(15)16)8-13(11)10-4-2-1-3-5-10/h1-5,9H,6-8H2,(H,15,16). The van der Waals surface area contributed by atoms with Gasteiger partial charge in [-0.25, -0.2) is 0 Å². The Bertz CT molecular complexity index is 402. The second kappa shape index (κ2) is 4.35. The molecule has 1 unspecified atom stereocenters. The minimum Gasteiger partial charge on any atom is -0.481 e. The van der Waals surface area contributed by atoms with Crippen molar-refractivity contribution in [2.24, 2.45) is 5.92 Å². The third-order valence-corrected chi connectivity index (χ3v) is 2.83. The summed E-state index contributed by atoms with van der Waals surface area (Å²) < 4.78 is 0. The predicted molar refractivity (Wildman–Crippen MR) is 59.2 cm³/mol. The number of carbonyl (C=O) groups excluding carboxylic acids is 1. The maximum absolute atomic E-state index is 11.7. The van der Waals surface area contributed by atoms with Gasteiger partial charge in [0.1, 0.15) is 0 Å². The Kier molecular flexibility index (Phi) is 2.90. The van der Waals surface area contributed by atoms with E-state index >= 15 is 0 Å². The van der Waals surface area contributed by atoms with Crippen molar-refractivity contribution in [3.05, 3.63) is 30.3 Å². The van der Waals surface area contributed by atoms with Gasteiger partial charge in [-0.15, -0.1) is 0 Å². The number of anilines is 1. The van der Waals surface area contributed by atoms with Crippen molar-refractivity contribution in [3.63, 3.8) is 0 Å². The first-order valence-corrected chi connectivity index (χ1v) is 5.26. The van der Waals surface area contributed by atoms with E-state index in [1.165, 1.54) is 0 Å². The highest BCUT2D eigenvalue weighted by atomic mass is 16.4. The lowest BCUT2D eigenvalue weighted by atomic mass is 9.97. The molecular formula is C12H13NO3. The minimum absolute atomic E-state index is 0.00343. The summed E-state index contributed by atoms with van der Waals surface area (Å²) in [6.07, 6.45) is 0.753. The molecule has 1 fully saturated rings. The smallest absolute Gasteiger partial charge is 0.308 e. The van der Waals surface area contributed by atoms with Crippen LogP contribution in [0, 0.1) is 5.92 Å². The molecule has 2 rings (SSSR count). The van der Waals surface area contributed by atoms with Crippen LogP contribution in [0.3, 0.4) is 0 Å². The average Bonchev–Trinajstić information content (AvgIpc) is 2.30. The molecule has 4 nitrogen and oxygen atoms in total. The van der Waals surface area contributed by atoms with Gasteiger partial charge in [0.05, 0.1) is 5.92 Å². The van der Waals surface area contributed by atoms with Crippen LogP contribution >= 0.6 is 0 Å². The molecule has 1 aromatic rings. The lowest BCUT2D eigenvalue weighted by Crippen LogP contribution is -2.42. The van der Waals surface area contributed by atoms with Crippen molar-refractivity contribution in [1.29, 1.82) is 0 Å². The van der Waals surface area contributed by atoms with E-state index in [1.54, 1.807) is 4.90 Å². The highest BCUT2D eigenvalue weighted by Gasteiger charge is 2.30. The summed E-state index contributed by atoms with van der Waals surface area (Å²) in [4.78, 5) is 24.2. The Morgan fingerprint density at radius 2 is 2.00 bits per heavy atom. The van der Waals surface area contributed by atoms with Gasteiger partial charge >= 0.3 is 5.97 Å². The maximum Gasteiger partial charge on any atom is 0.308 e. The Hall–Kier alpha value is -1.84. The summed E-state index contributed by atoms with van der Waals surface area (Å²) in [5.74, 6) is -1.27. The SMILES string of the molecule is O=C(O)C1CCC(=O)N(c2ccccc2)C1. The Balaban J connectivity index is 2.19. The van der Waals surface area contributed by atoms with Crippen molar-refractivity contribution in [2.75, 3.05) is 11.4 Å². The van der Waals surface area contributed by atoms with Crippen molar-refractivity contribution in [3.8, 4) is 0 Å². The zero-order valence-corrected chi connectivity index (χ0v) is 8.80. The molecule has 4 heteroatoms. The molecule has 1 aromatic carbocycles. The van der Waals surface area contributed by atoms with Crippen molar-refractivity contribution < 1.29 is 14.7 Å². The van der Waals surface area contributed by atoms with Gasteiger partial charge < -0.3 is 10.0 Å². The molecule has 16 heavy (non-hydrogen) atoms. The second-order valence-corrected chi connectivity index (χ2v) is 3.91. The first kappa shape index (κ1) is 10.7. The minimum atomic E-state index is -0.826. The summed E-state index contributed by atoms with van der Waals surface area (Å²) in [7, 11) is 0. The molecule has 0 aliphatic carbocycles.